The average Bonchev–Trinajstić information content (AvgIpc) is 3.95. The van der Waals surface area contributed by atoms with E-state index in [0.717, 1.165) is 72.0 Å². The number of fused-ring (bicyclic) bond motifs is 6. The van der Waals surface area contributed by atoms with Crippen molar-refractivity contribution in [3.8, 4) is 78.7 Å². The Morgan fingerprint density at radius 2 is 0.750 bits per heavy atom. The molecule has 68 heavy (non-hydrogen) atoms. The normalized spacial score (nSPS) is 12.5. The fourth-order valence-electron chi connectivity index (χ4n) is 10.5. The molecule has 13 rings (SSSR count). The number of rotatable bonds is 8. The third kappa shape index (κ3) is 6.49. The molecule has 4 nitrogen and oxygen atoms in total. The van der Waals surface area contributed by atoms with E-state index in [1.807, 2.05) is 30.3 Å². The van der Waals surface area contributed by atoms with E-state index in [4.69, 9.17) is 19.4 Å². The zero-order valence-electron chi connectivity index (χ0n) is 36.9. The van der Waals surface area contributed by atoms with Gasteiger partial charge in [0.05, 0.1) is 11.0 Å². The molecule has 0 saturated heterocycles. The van der Waals surface area contributed by atoms with Crippen LogP contribution < -0.4 is 0 Å². The molecule has 0 bridgehead atoms. The molecule has 1 aliphatic rings. The van der Waals surface area contributed by atoms with Crippen molar-refractivity contribution < 1.29 is 4.42 Å². The highest BCUT2D eigenvalue weighted by atomic mass is 16.3. The summed E-state index contributed by atoms with van der Waals surface area (Å²) in [5.41, 5.74) is 17.6. The summed E-state index contributed by atoms with van der Waals surface area (Å²) in [6.07, 6.45) is 0. The summed E-state index contributed by atoms with van der Waals surface area (Å²) in [6.45, 7) is 0. The van der Waals surface area contributed by atoms with Crippen LogP contribution in [-0.4, -0.2) is 15.0 Å². The highest BCUT2D eigenvalue weighted by Crippen LogP contribution is 2.57. The van der Waals surface area contributed by atoms with Gasteiger partial charge in [0.25, 0.3) is 0 Å². The number of hydrogen-bond donors (Lipinski definition) is 0. The first kappa shape index (κ1) is 39.4. The Kier molecular flexibility index (Phi) is 9.36. The van der Waals surface area contributed by atoms with E-state index in [2.05, 4.69) is 218 Å². The zero-order valence-corrected chi connectivity index (χ0v) is 36.9. The van der Waals surface area contributed by atoms with Gasteiger partial charge in [0, 0.05) is 21.9 Å². The summed E-state index contributed by atoms with van der Waals surface area (Å²) >= 11 is 0. The lowest BCUT2D eigenvalue weighted by Crippen LogP contribution is -2.28. The maximum Gasteiger partial charge on any atom is 0.167 e. The van der Waals surface area contributed by atoms with E-state index in [0.29, 0.717) is 17.5 Å². The Morgan fingerprint density at radius 1 is 0.279 bits per heavy atom. The molecular weight excluding hydrogens is 827 g/mol. The summed E-state index contributed by atoms with van der Waals surface area (Å²) in [6, 6.07) is 88.4. The SMILES string of the molecule is c1ccc(-c2cccc(-c3nc(-c4cc(-c5ccccc5)cc(-c5ccc6c(c5)C(c5ccccc5)(c5ccccc5)c5ccccc5-6)c4)nc(-c4cccc5c4oc4ccccc45)n3)c2)cc1. The van der Waals surface area contributed by atoms with E-state index < -0.39 is 5.41 Å². The van der Waals surface area contributed by atoms with E-state index in [1.165, 1.54) is 33.4 Å². The molecule has 0 radical (unpaired) electrons. The van der Waals surface area contributed by atoms with Crippen LogP contribution in [-0.2, 0) is 5.41 Å². The first-order valence-corrected chi connectivity index (χ1v) is 23.1. The van der Waals surface area contributed by atoms with Crippen LogP contribution in [0, 0.1) is 0 Å². The molecule has 0 atom stereocenters. The molecule has 318 valence electrons. The molecular formula is C64H41N3O. The number of nitrogens with zero attached hydrogens (tertiary/aromatic N) is 3. The minimum atomic E-state index is -0.533. The highest BCUT2D eigenvalue weighted by molar-refractivity contribution is 6.09. The minimum absolute atomic E-state index is 0.533. The van der Waals surface area contributed by atoms with Crippen LogP contribution in [0.2, 0.25) is 0 Å². The van der Waals surface area contributed by atoms with E-state index in [-0.39, 0.29) is 0 Å². The molecule has 0 unspecified atom stereocenters. The summed E-state index contributed by atoms with van der Waals surface area (Å²) in [5, 5.41) is 2.07. The summed E-state index contributed by atoms with van der Waals surface area (Å²) in [5.74, 6) is 1.68. The van der Waals surface area contributed by atoms with Crippen LogP contribution in [0.5, 0.6) is 0 Å². The molecule has 0 spiro atoms. The fraction of sp³-hybridized carbons (Fsp3) is 0.0156. The van der Waals surface area contributed by atoms with Gasteiger partial charge in [-0.05, 0) is 109 Å². The van der Waals surface area contributed by atoms with Crippen LogP contribution in [0.15, 0.2) is 253 Å². The van der Waals surface area contributed by atoms with Crippen LogP contribution in [0.25, 0.3) is 101 Å². The highest BCUT2D eigenvalue weighted by Gasteiger charge is 2.46. The standard InChI is InChI=1S/C64H41N3O/c1-5-19-42(20-6-1)44-23-17-24-46(37-44)61-65-62(67-63(66-61)56-32-18-31-55-54-30-14-16-34-59(54)68-60(55)56)49-39-47(43-21-7-2-8-22-43)38-48(40-49)45-35-36-53-52-29-13-15-33-57(52)64(58(53)41-45,50-25-9-3-10-26-50)51-27-11-4-12-28-51/h1-41H. The third-order valence-electron chi connectivity index (χ3n) is 13.6. The number of benzene rings is 10. The summed E-state index contributed by atoms with van der Waals surface area (Å²) < 4.78 is 6.60. The molecule has 10 aromatic carbocycles. The predicted molar refractivity (Wildman–Crippen MR) is 277 cm³/mol. The minimum Gasteiger partial charge on any atom is -0.455 e. The Balaban J connectivity index is 1.05. The molecule has 2 aromatic heterocycles. The monoisotopic (exact) mass is 867 g/mol. The van der Waals surface area contributed by atoms with Gasteiger partial charge >= 0.3 is 0 Å². The maximum atomic E-state index is 6.60. The Hall–Kier alpha value is -8.99. The van der Waals surface area contributed by atoms with E-state index in [9.17, 15) is 0 Å². The Bertz CT molecular complexity index is 3800. The summed E-state index contributed by atoms with van der Waals surface area (Å²) in [4.78, 5) is 16.0. The second kappa shape index (κ2) is 16.2. The van der Waals surface area contributed by atoms with Gasteiger partial charge in [-0.2, -0.15) is 0 Å². The lowest BCUT2D eigenvalue weighted by molar-refractivity contribution is 0.669. The third-order valence-corrected chi connectivity index (χ3v) is 13.6. The van der Waals surface area contributed by atoms with Crippen molar-refractivity contribution in [3.05, 3.63) is 271 Å². The van der Waals surface area contributed by atoms with Crippen molar-refractivity contribution in [1.82, 2.24) is 15.0 Å². The van der Waals surface area contributed by atoms with Crippen LogP contribution >= 0.6 is 0 Å². The largest absolute Gasteiger partial charge is 0.455 e. The van der Waals surface area contributed by atoms with Gasteiger partial charge in [-0.1, -0.05) is 206 Å². The van der Waals surface area contributed by atoms with E-state index >= 15 is 0 Å². The zero-order chi connectivity index (χ0) is 45.0. The van der Waals surface area contributed by atoms with Gasteiger partial charge < -0.3 is 4.42 Å². The molecule has 0 N–H and O–H groups in total. The van der Waals surface area contributed by atoms with Gasteiger partial charge in [-0.25, -0.2) is 15.0 Å². The number of furan rings is 1. The molecule has 0 saturated carbocycles. The fourth-order valence-corrected chi connectivity index (χ4v) is 10.5. The second-order valence-electron chi connectivity index (χ2n) is 17.5. The average molecular weight is 868 g/mol. The number of hydrogen-bond acceptors (Lipinski definition) is 4. The molecule has 12 aromatic rings. The quantitative estimate of drug-likeness (QED) is 0.153. The first-order chi connectivity index (χ1) is 33.7. The van der Waals surface area contributed by atoms with Crippen molar-refractivity contribution in [2.75, 3.05) is 0 Å². The molecule has 0 aliphatic heterocycles. The van der Waals surface area contributed by atoms with Gasteiger partial charge in [0.2, 0.25) is 0 Å². The van der Waals surface area contributed by atoms with E-state index in [1.54, 1.807) is 0 Å². The molecule has 4 heteroatoms. The molecule has 1 aliphatic carbocycles. The van der Waals surface area contributed by atoms with Crippen molar-refractivity contribution in [2.45, 2.75) is 5.41 Å². The van der Waals surface area contributed by atoms with Gasteiger partial charge in [-0.3, -0.25) is 0 Å². The topological polar surface area (TPSA) is 51.8 Å². The lowest BCUT2D eigenvalue weighted by Gasteiger charge is -2.34. The summed E-state index contributed by atoms with van der Waals surface area (Å²) in [7, 11) is 0. The smallest absolute Gasteiger partial charge is 0.167 e. The Morgan fingerprint density at radius 3 is 1.49 bits per heavy atom. The molecule has 0 fully saturated rings. The van der Waals surface area contributed by atoms with Gasteiger partial charge in [0.15, 0.2) is 17.5 Å². The lowest BCUT2D eigenvalue weighted by atomic mass is 9.67. The van der Waals surface area contributed by atoms with Gasteiger partial charge in [0.1, 0.15) is 11.2 Å². The number of aromatic nitrogens is 3. The van der Waals surface area contributed by atoms with Crippen molar-refractivity contribution in [3.63, 3.8) is 0 Å². The number of para-hydroxylation sites is 2. The molecule has 0 amide bonds. The molecule has 2 heterocycles. The first-order valence-electron chi connectivity index (χ1n) is 23.1. The predicted octanol–water partition coefficient (Wildman–Crippen LogP) is 16.1. The maximum absolute atomic E-state index is 6.60. The van der Waals surface area contributed by atoms with Crippen LogP contribution in [0.1, 0.15) is 22.3 Å². The van der Waals surface area contributed by atoms with Crippen molar-refractivity contribution in [2.24, 2.45) is 0 Å². The van der Waals surface area contributed by atoms with Crippen LogP contribution in [0.4, 0.5) is 0 Å². The van der Waals surface area contributed by atoms with Crippen molar-refractivity contribution >= 4 is 21.9 Å². The van der Waals surface area contributed by atoms with Crippen LogP contribution in [0.3, 0.4) is 0 Å². The Labute approximate surface area is 394 Å². The van der Waals surface area contributed by atoms with Crippen molar-refractivity contribution in [1.29, 1.82) is 0 Å². The second-order valence-corrected chi connectivity index (χ2v) is 17.5. The van der Waals surface area contributed by atoms with Gasteiger partial charge in [-0.15, -0.1) is 0 Å².